The second-order valence-electron chi connectivity index (χ2n) is 3.91. The summed E-state index contributed by atoms with van der Waals surface area (Å²) in [5, 5.41) is 7.76. The van der Waals surface area contributed by atoms with Gasteiger partial charge in [0.1, 0.15) is 0 Å². The van der Waals surface area contributed by atoms with E-state index in [1.54, 1.807) is 7.11 Å². The van der Waals surface area contributed by atoms with Crippen molar-refractivity contribution in [1.29, 1.82) is 5.41 Å². The minimum absolute atomic E-state index is 0.531. The molecule has 3 heteroatoms. The van der Waals surface area contributed by atoms with Crippen LogP contribution in [0, 0.1) is 11.3 Å². The van der Waals surface area contributed by atoms with E-state index in [-0.39, 0.29) is 0 Å². The van der Waals surface area contributed by atoms with E-state index in [2.05, 4.69) is 11.8 Å². The molecule has 0 amide bonds. The number of hydrogen-bond donors (Lipinski definition) is 1. The summed E-state index contributed by atoms with van der Waals surface area (Å²) < 4.78 is 5.08. The fourth-order valence-electron chi connectivity index (χ4n) is 1.80. The number of ether oxygens (including phenoxy) is 1. The van der Waals surface area contributed by atoms with E-state index < -0.39 is 0 Å². The zero-order chi connectivity index (χ0) is 9.68. The first-order chi connectivity index (χ1) is 6.24. The van der Waals surface area contributed by atoms with Crippen LogP contribution < -0.4 is 0 Å². The SMILES string of the molecule is COCC(C)CN1CCCCC1=N. The van der Waals surface area contributed by atoms with Gasteiger partial charge in [0.2, 0.25) is 0 Å². The molecule has 76 valence electrons. The molecule has 0 radical (unpaired) electrons. The van der Waals surface area contributed by atoms with E-state index in [9.17, 15) is 0 Å². The molecular weight excluding hydrogens is 164 g/mol. The number of rotatable bonds is 4. The summed E-state index contributed by atoms with van der Waals surface area (Å²) in [4.78, 5) is 2.19. The van der Waals surface area contributed by atoms with Crippen molar-refractivity contribution in [3.8, 4) is 0 Å². The van der Waals surface area contributed by atoms with Crippen LogP contribution in [0.1, 0.15) is 26.2 Å². The fraction of sp³-hybridized carbons (Fsp3) is 0.900. The predicted molar refractivity (Wildman–Crippen MR) is 54.2 cm³/mol. The van der Waals surface area contributed by atoms with Crippen LogP contribution >= 0.6 is 0 Å². The van der Waals surface area contributed by atoms with E-state index in [1.807, 2.05) is 0 Å². The lowest BCUT2D eigenvalue weighted by molar-refractivity contribution is 0.143. The molecule has 0 spiro atoms. The Kier molecular flexibility index (Phi) is 4.22. The van der Waals surface area contributed by atoms with Crippen molar-refractivity contribution in [1.82, 2.24) is 4.90 Å². The minimum atomic E-state index is 0.531. The summed E-state index contributed by atoms with van der Waals surface area (Å²) in [5.41, 5.74) is 0. The van der Waals surface area contributed by atoms with Gasteiger partial charge in [0.25, 0.3) is 0 Å². The molecule has 1 atom stereocenters. The molecule has 1 aliphatic rings. The quantitative estimate of drug-likeness (QED) is 0.722. The van der Waals surface area contributed by atoms with Crippen LogP contribution in [0.15, 0.2) is 0 Å². The van der Waals surface area contributed by atoms with Crippen LogP contribution in [0.3, 0.4) is 0 Å². The summed E-state index contributed by atoms with van der Waals surface area (Å²) in [6.07, 6.45) is 3.38. The maximum Gasteiger partial charge on any atom is 0.0957 e. The molecule has 0 saturated carbocycles. The molecule has 1 rings (SSSR count). The Balaban J connectivity index is 2.29. The summed E-state index contributed by atoms with van der Waals surface area (Å²) in [5.74, 6) is 1.35. The number of piperidine rings is 1. The van der Waals surface area contributed by atoms with Gasteiger partial charge in [-0.1, -0.05) is 6.92 Å². The third-order valence-corrected chi connectivity index (χ3v) is 2.46. The molecule has 0 aromatic heterocycles. The largest absolute Gasteiger partial charge is 0.384 e. The molecular formula is C10H20N2O. The lowest BCUT2D eigenvalue weighted by Crippen LogP contribution is -2.38. The molecule has 0 aliphatic carbocycles. The predicted octanol–water partition coefficient (Wildman–Crippen LogP) is 1.73. The summed E-state index contributed by atoms with van der Waals surface area (Å²) >= 11 is 0. The standard InChI is InChI=1S/C10H20N2O/c1-9(8-13-2)7-12-6-4-3-5-10(12)11/h9,11H,3-8H2,1-2H3. The van der Waals surface area contributed by atoms with Crippen LogP contribution in [0.4, 0.5) is 0 Å². The maximum atomic E-state index is 7.76. The first-order valence-corrected chi connectivity index (χ1v) is 5.05. The Morgan fingerprint density at radius 1 is 1.54 bits per heavy atom. The Bertz CT molecular complexity index is 170. The van der Waals surface area contributed by atoms with Gasteiger partial charge in [0.05, 0.1) is 12.4 Å². The number of nitrogens with zero attached hydrogens (tertiary/aromatic N) is 1. The summed E-state index contributed by atoms with van der Waals surface area (Å²) in [6, 6.07) is 0. The molecule has 1 saturated heterocycles. The first-order valence-electron chi connectivity index (χ1n) is 5.05. The van der Waals surface area contributed by atoms with Crippen LogP contribution in [-0.2, 0) is 4.74 Å². The molecule has 1 heterocycles. The number of hydrogen-bond acceptors (Lipinski definition) is 2. The van der Waals surface area contributed by atoms with Crippen molar-refractivity contribution in [2.45, 2.75) is 26.2 Å². The first kappa shape index (κ1) is 10.5. The average molecular weight is 184 g/mol. The number of likely N-dealkylation sites (tertiary alicyclic amines) is 1. The van der Waals surface area contributed by atoms with Crippen LogP contribution in [0.5, 0.6) is 0 Å². The Hall–Kier alpha value is -0.570. The molecule has 1 fully saturated rings. The normalized spacial score (nSPS) is 20.5. The Morgan fingerprint density at radius 2 is 2.31 bits per heavy atom. The van der Waals surface area contributed by atoms with Gasteiger partial charge < -0.3 is 9.64 Å². The summed E-state index contributed by atoms with van der Waals surface area (Å²) in [6.45, 7) is 5.01. The van der Waals surface area contributed by atoms with Gasteiger partial charge in [-0.15, -0.1) is 0 Å². The molecule has 0 aromatic carbocycles. The zero-order valence-electron chi connectivity index (χ0n) is 8.68. The van der Waals surface area contributed by atoms with E-state index in [0.717, 1.165) is 32.0 Å². The van der Waals surface area contributed by atoms with Crippen LogP contribution in [0.2, 0.25) is 0 Å². The van der Waals surface area contributed by atoms with Gasteiger partial charge in [-0.05, 0) is 18.8 Å². The van der Waals surface area contributed by atoms with Gasteiger partial charge in [-0.3, -0.25) is 5.41 Å². The highest BCUT2D eigenvalue weighted by Crippen LogP contribution is 2.12. The molecule has 1 aliphatic heterocycles. The van der Waals surface area contributed by atoms with E-state index in [1.165, 1.54) is 12.8 Å². The lowest BCUT2D eigenvalue weighted by atomic mass is 10.1. The smallest absolute Gasteiger partial charge is 0.0957 e. The molecule has 1 N–H and O–H groups in total. The zero-order valence-corrected chi connectivity index (χ0v) is 8.68. The minimum Gasteiger partial charge on any atom is -0.384 e. The van der Waals surface area contributed by atoms with Crippen LogP contribution in [-0.4, -0.2) is 37.5 Å². The third-order valence-electron chi connectivity index (χ3n) is 2.46. The van der Waals surface area contributed by atoms with Crippen molar-refractivity contribution >= 4 is 5.84 Å². The fourth-order valence-corrected chi connectivity index (χ4v) is 1.80. The second-order valence-corrected chi connectivity index (χ2v) is 3.91. The number of amidine groups is 1. The molecule has 0 bridgehead atoms. The van der Waals surface area contributed by atoms with E-state index in [4.69, 9.17) is 10.1 Å². The van der Waals surface area contributed by atoms with Crippen LogP contribution in [0.25, 0.3) is 0 Å². The Labute approximate surface area is 80.6 Å². The highest BCUT2D eigenvalue weighted by atomic mass is 16.5. The van der Waals surface area contributed by atoms with Crippen molar-refractivity contribution in [3.05, 3.63) is 0 Å². The second kappa shape index (κ2) is 5.22. The van der Waals surface area contributed by atoms with Gasteiger partial charge in [-0.25, -0.2) is 0 Å². The van der Waals surface area contributed by atoms with Crippen molar-refractivity contribution < 1.29 is 4.74 Å². The van der Waals surface area contributed by atoms with Crippen molar-refractivity contribution in [2.75, 3.05) is 26.8 Å². The highest BCUT2D eigenvalue weighted by Gasteiger charge is 2.16. The topological polar surface area (TPSA) is 36.3 Å². The monoisotopic (exact) mass is 184 g/mol. The molecule has 13 heavy (non-hydrogen) atoms. The van der Waals surface area contributed by atoms with Gasteiger partial charge in [-0.2, -0.15) is 0 Å². The number of methoxy groups -OCH3 is 1. The lowest BCUT2D eigenvalue weighted by Gasteiger charge is -2.31. The van der Waals surface area contributed by atoms with Crippen molar-refractivity contribution in [3.63, 3.8) is 0 Å². The molecule has 0 aromatic rings. The van der Waals surface area contributed by atoms with Gasteiger partial charge in [0.15, 0.2) is 0 Å². The number of nitrogens with one attached hydrogen (secondary N) is 1. The Morgan fingerprint density at radius 3 is 2.92 bits per heavy atom. The highest BCUT2D eigenvalue weighted by molar-refractivity contribution is 5.79. The third kappa shape index (κ3) is 3.35. The molecule has 1 unspecified atom stereocenters. The maximum absolute atomic E-state index is 7.76. The van der Waals surface area contributed by atoms with Gasteiger partial charge in [0, 0.05) is 26.6 Å². The van der Waals surface area contributed by atoms with E-state index in [0.29, 0.717) is 5.92 Å². The van der Waals surface area contributed by atoms with E-state index >= 15 is 0 Å². The molecule has 3 nitrogen and oxygen atoms in total. The van der Waals surface area contributed by atoms with Gasteiger partial charge >= 0.3 is 0 Å². The van der Waals surface area contributed by atoms with Crippen molar-refractivity contribution in [2.24, 2.45) is 5.92 Å². The summed E-state index contributed by atoms with van der Waals surface area (Å²) in [7, 11) is 1.73. The average Bonchev–Trinajstić information content (AvgIpc) is 2.09.